The maximum Gasteiger partial charge on any atom is 0.259 e. The van der Waals surface area contributed by atoms with Crippen LogP contribution in [0.5, 0.6) is 0 Å². The number of carbonyl (C=O) groups excluding carboxylic acids is 1. The molecule has 5 heterocycles. The van der Waals surface area contributed by atoms with Crippen LogP contribution in [0.2, 0.25) is 0 Å². The lowest BCUT2D eigenvalue weighted by Crippen LogP contribution is -2.54. The lowest BCUT2D eigenvalue weighted by atomic mass is 10.1. The van der Waals surface area contributed by atoms with Crippen LogP contribution in [0.3, 0.4) is 0 Å². The summed E-state index contributed by atoms with van der Waals surface area (Å²) in [4.78, 5) is 24.1. The van der Waals surface area contributed by atoms with E-state index in [1.807, 2.05) is 13.2 Å². The smallest absolute Gasteiger partial charge is 0.259 e. The van der Waals surface area contributed by atoms with Crippen molar-refractivity contribution >= 4 is 34.0 Å². The molecule has 1 aliphatic heterocycles. The number of anilines is 2. The molecule has 4 aromatic rings. The predicted octanol–water partition coefficient (Wildman–Crippen LogP) is 2.50. The Morgan fingerprint density at radius 2 is 1.97 bits per heavy atom. The average molecular weight is 436 g/mol. The van der Waals surface area contributed by atoms with Crippen LogP contribution in [-0.4, -0.2) is 55.2 Å². The van der Waals surface area contributed by atoms with Gasteiger partial charge in [-0.3, -0.25) is 9.48 Å². The molecule has 10 heteroatoms. The second-order valence-electron chi connectivity index (χ2n) is 8.58. The van der Waals surface area contributed by atoms with Crippen molar-refractivity contribution in [3.63, 3.8) is 0 Å². The third-order valence-electron chi connectivity index (χ3n) is 5.63. The summed E-state index contributed by atoms with van der Waals surface area (Å²) in [6.45, 7) is 7.70. The van der Waals surface area contributed by atoms with E-state index in [-0.39, 0.29) is 5.65 Å². The van der Waals surface area contributed by atoms with Crippen molar-refractivity contribution in [3.05, 3.63) is 47.9 Å². The van der Waals surface area contributed by atoms with Crippen molar-refractivity contribution in [2.75, 3.05) is 23.3 Å². The first-order valence-electron chi connectivity index (χ1n) is 10.6. The van der Waals surface area contributed by atoms with Gasteiger partial charge in [0, 0.05) is 63.1 Å². The molecule has 1 saturated heterocycles. The largest absolute Gasteiger partial charge is 0.353 e. The predicted molar refractivity (Wildman–Crippen MR) is 121 cm³/mol. The zero-order chi connectivity index (χ0) is 22.6. The second kappa shape index (κ2) is 7.56. The molecule has 0 aliphatic carbocycles. The van der Waals surface area contributed by atoms with E-state index in [0.717, 1.165) is 24.3 Å². The van der Waals surface area contributed by atoms with Crippen LogP contribution in [0.15, 0.2) is 30.9 Å². The fourth-order valence-corrected chi connectivity index (χ4v) is 4.47. The van der Waals surface area contributed by atoms with E-state index in [1.54, 1.807) is 34.6 Å². The molecule has 1 amide bonds. The van der Waals surface area contributed by atoms with Crippen LogP contribution < -0.4 is 15.5 Å². The monoisotopic (exact) mass is 436 g/mol. The van der Waals surface area contributed by atoms with Gasteiger partial charge in [-0.25, -0.2) is 14.4 Å². The van der Waals surface area contributed by atoms with Crippen molar-refractivity contribution in [2.45, 2.75) is 32.9 Å². The number of piperazine rings is 1. The Morgan fingerprint density at radius 1 is 1.22 bits per heavy atom. The molecule has 1 aliphatic rings. The SMILES string of the molecule is Cc1cn2cc(NC(=O)c3cnc(N4C[C@@H](C)N[C@@H](C)C4)c4cn(C)nc34)cc(F)c2n1. The molecule has 5 rings (SSSR count). The fraction of sp³-hybridized carbons (Fsp3) is 0.364. The van der Waals surface area contributed by atoms with Crippen LogP contribution in [0.1, 0.15) is 29.9 Å². The number of aryl methyl sites for hydroxylation is 2. The average Bonchev–Trinajstić information content (AvgIpc) is 3.28. The van der Waals surface area contributed by atoms with Gasteiger partial charge in [0.05, 0.1) is 22.3 Å². The third kappa shape index (κ3) is 3.56. The molecule has 0 saturated carbocycles. The summed E-state index contributed by atoms with van der Waals surface area (Å²) in [7, 11) is 1.82. The van der Waals surface area contributed by atoms with Crippen molar-refractivity contribution in [3.8, 4) is 0 Å². The van der Waals surface area contributed by atoms with Gasteiger partial charge in [0.2, 0.25) is 0 Å². The van der Waals surface area contributed by atoms with Crippen LogP contribution in [0.4, 0.5) is 15.9 Å². The van der Waals surface area contributed by atoms with Crippen molar-refractivity contribution in [2.24, 2.45) is 7.05 Å². The lowest BCUT2D eigenvalue weighted by Gasteiger charge is -2.37. The minimum Gasteiger partial charge on any atom is -0.353 e. The van der Waals surface area contributed by atoms with Crippen molar-refractivity contribution in [1.29, 1.82) is 0 Å². The number of hydrogen-bond acceptors (Lipinski definition) is 6. The molecule has 0 aromatic carbocycles. The molecule has 2 atom stereocenters. The quantitative estimate of drug-likeness (QED) is 0.513. The van der Waals surface area contributed by atoms with E-state index in [1.165, 1.54) is 6.07 Å². The molecule has 2 N–H and O–H groups in total. The van der Waals surface area contributed by atoms with E-state index in [9.17, 15) is 9.18 Å². The molecule has 166 valence electrons. The van der Waals surface area contributed by atoms with E-state index in [0.29, 0.717) is 34.5 Å². The van der Waals surface area contributed by atoms with E-state index in [2.05, 4.69) is 44.4 Å². The summed E-state index contributed by atoms with van der Waals surface area (Å²) >= 11 is 0. The first-order chi connectivity index (χ1) is 15.3. The second-order valence-corrected chi connectivity index (χ2v) is 8.58. The summed E-state index contributed by atoms with van der Waals surface area (Å²) in [5.41, 5.74) is 2.14. The molecule has 0 bridgehead atoms. The van der Waals surface area contributed by atoms with Crippen LogP contribution in [0, 0.1) is 12.7 Å². The molecular weight excluding hydrogens is 411 g/mol. The standard InChI is InChI=1S/C22H25FN8O/c1-12-7-30(8-13(2)25-12)20-17-11-29(4)28-19(17)16(6-24-20)22(32)27-15-5-18(23)21-26-14(3)9-31(21)10-15/h5-6,9-13,25H,7-8H2,1-4H3,(H,27,32)/t12-,13+. The molecule has 1 fully saturated rings. The highest BCUT2D eigenvalue weighted by Gasteiger charge is 2.26. The Balaban J connectivity index is 1.50. The maximum atomic E-state index is 14.4. The lowest BCUT2D eigenvalue weighted by molar-refractivity contribution is 0.102. The Labute approximate surface area is 184 Å². The Kier molecular flexibility index (Phi) is 4.81. The molecular formula is C22H25FN8O. The zero-order valence-electron chi connectivity index (χ0n) is 18.4. The third-order valence-corrected chi connectivity index (χ3v) is 5.63. The van der Waals surface area contributed by atoms with Crippen LogP contribution >= 0.6 is 0 Å². The minimum absolute atomic E-state index is 0.220. The van der Waals surface area contributed by atoms with E-state index < -0.39 is 11.7 Å². The van der Waals surface area contributed by atoms with Gasteiger partial charge in [-0.2, -0.15) is 5.10 Å². The highest BCUT2D eigenvalue weighted by Crippen LogP contribution is 2.28. The van der Waals surface area contributed by atoms with Gasteiger partial charge >= 0.3 is 0 Å². The van der Waals surface area contributed by atoms with Crippen molar-refractivity contribution in [1.82, 2.24) is 29.5 Å². The van der Waals surface area contributed by atoms with Crippen molar-refractivity contribution < 1.29 is 9.18 Å². The molecule has 0 spiro atoms. The normalized spacial score (nSPS) is 19.1. The number of hydrogen-bond donors (Lipinski definition) is 2. The summed E-state index contributed by atoms with van der Waals surface area (Å²) in [6.07, 6.45) is 6.77. The molecule has 0 unspecified atom stereocenters. The number of aromatic nitrogens is 5. The fourth-order valence-electron chi connectivity index (χ4n) is 4.47. The Hall–Kier alpha value is -3.53. The van der Waals surface area contributed by atoms with Crippen LogP contribution in [-0.2, 0) is 7.05 Å². The number of nitrogens with zero attached hydrogens (tertiary/aromatic N) is 6. The first-order valence-corrected chi connectivity index (χ1v) is 10.6. The number of nitrogens with one attached hydrogen (secondary N) is 2. The summed E-state index contributed by atoms with van der Waals surface area (Å²) in [5.74, 6) is -0.0918. The molecule has 32 heavy (non-hydrogen) atoms. The van der Waals surface area contributed by atoms with Gasteiger partial charge in [-0.1, -0.05) is 0 Å². The number of imidazole rings is 1. The summed E-state index contributed by atoms with van der Waals surface area (Å²) in [5, 5.41) is 11.6. The number of pyridine rings is 2. The first kappa shape index (κ1) is 20.4. The van der Waals surface area contributed by atoms with Gasteiger partial charge in [-0.05, 0) is 20.8 Å². The van der Waals surface area contributed by atoms with Gasteiger partial charge in [0.25, 0.3) is 5.91 Å². The number of amides is 1. The number of carbonyl (C=O) groups is 1. The van der Waals surface area contributed by atoms with Gasteiger partial charge < -0.3 is 19.9 Å². The van der Waals surface area contributed by atoms with E-state index >= 15 is 0 Å². The Bertz CT molecular complexity index is 1330. The maximum absolute atomic E-state index is 14.4. The zero-order valence-corrected chi connectivity index (χ0v) is 18.4. The minimum atomic E-state index is -0.505. The number of halogens is 1. The highest BCUT2D eigenvalue weighted by atomic mass is 19.1. The molecule has 4 aromatic heterocycles. The Morgan fingerprint density at radius 3 is 2.72 bits per heavy atom. The topological polar surface area (TPSA) is 92.4 Å². The van der Waals surface area contributed by atoms with E-state index in [4.69, 9.17) is 0 Å². The van der Waals surface area contributed by atoms with Gasteiger partial charge in [-0.15, -0.1) is 0 Å². The highest BCUT2D eigenvalue weighted by molar-refractivity contribution is 6.13. The molecule has 0 radical (unpaired) electrons. The molecule has 9 nitrogen and oxygen atoms in total. The van der Waals surface area contributed by atoms with Crippen LogP contribution in [0.25, 0.3) is 16.6 Å². The summed E-state index contributed by atoms with van der Waals surface area (Å²) in [6, 6.07) is 1.92. The number of rotatable bonds is 3. The summed E-state index contributed by atoms with van der Waals surface area (Å²) < 4.78 is 17.7. The number of fused-ring (bicyclic) bond motifs is 2. The van der Waals surface area contributed by atoms with Gasteiger partial charge in [0.15, 0.2) is 11.5 Å². The van der Waals surface area contributed by atoms with Gasteiger partial charge in [0.1, 0.15) is 11.3 Å².